The van der Waals surface area contributed by atoms with Crippen LogP contribution in [0.5, 0.6) is 5.88 Å². The van der Waals surface area contributed by atoms with Gasteiger partial charge in [-0.3, -0.25) is 0 Å². The Labute approximate surface area is 136 Å². The fourth-order valence-electron chi connectivity index (χ4n) is 3.42. The molecule has 1 fully saturated rings. The van der Waals surface area contributed by atoms with E-state index in [9.17, 15) is 4.39 Å². The number of nitrogens with zero attached hydrogens (tertiary/aromatic N) is 1. The van der Waals surface area contributed by atoms with Crippen LogP contribution in [0.3, 0.4) is 0 Å². The van der Waals surface area contributed by atoms with E-state index in [2.05, 4.69) is 18.8 Å². The number of rotatable bonds is 4. The van der Waals surface area contributed by atoms with Crippen molar-refractivity contribution in [2.24, 2.45) is 11.3 Å². The molecule has 2 nitrogen and oxygen atoms in total. The van der Waals surface area contributed by atoms with Crippen LogP contribution in [0.1, 0.15) is 37.8 Å². The minimum absolute atomic E-state index is 0.158. The summed E-state index contributed by atoms with van der Waals surface area (Å²) in [6.45, 7) is 5.21. The molecule has 0 atom stereocenters. The Bertz CT molecular complexity index is 732. The van der Waals surface area contributed by atoms with E-state index >= 15 is 0 Å². The third-order valence-electron chi connectivity index (χ3n) is 4.84. The van der Waals surface area contributed by atoms with E-state index in [1.807, 2.05) is 18.2 Å². The van der Waals surface area contributed by atoms with Crippen LogP contribution in [0.2, 0.25) is 0 Å². The molecule has 0 aliphatic heterocycles. The van der Waals surface area contributed by atoms with Crippen molar-refractivity contribution in [3.8, 4) is 17.0 Å². The van der Waals surface area contributed by atoms with Gasteiger partial charge in [0, 0.05) is 23.4 Å². The largest absolute Gasteiger partial charge is 0.477 e. The lowest BCUT2D eigenvalue weighted by Gasteiger charge is -2.14. The minimum Gasteiger partial charge on any atom is -0.477 e. The molecule has 2 aliphatic rings. The summed E-state index contributed by atoms with van der Waals surface area (Å²) < 4.78 is 20.1. The summed E-state index contributed by atoms with van der Waals surface area (Å²) in [5.74, 6) is 1.17. The van der Waals surface area contributed by atoms with Gasteiger partial charge in [0.25, 0.3) is 0 Å². The van der Waals surface area contributed by atoms with Crippen molar-refractivity contribution in [3.05, 3.63) is 47.4 Å². The first kappa shape index (κ1) is 14.7. The number of ether oxygens (including phenoxy) is 1. The predicted molar refractivity (Wildman–Crippen MR) is 89.0 cm³/mol. The van der Waals surface area contributed by atoms with E-state index in [0.29, 0.717) is 17.4 Å². The molecule has 120 valence electrons. The SMILES string of the molecule is CC1(C)Cc2cc(F)c(-c3ccc(OCC4CC4)nc3)cc2C1. The zero-order chi connectivity index (χ0) is 16.0. The van der Waals surface area contributed by atoms with Crippen molar-refractivity contribution in [1.82, 2.24) is 4.98 Å². The highest BCUT2D eigenvalue weighted by Gasteiger charge is 2.29. The third-order valence-corrected chi connectivity index (χ3v) is 4.84. The first-order chi connectivity index (χ1) is 11.0. The van der Waals surface area contributed by atoms with Gasteiger partial charge in [-0.05, 0) is 66.3 Å². The second kappa shape index (κ2) is 5.33. The number of halogens is 1. The summed E-state index contributed by atoms with van der Waals surface area (Å²) in [7, 11) is 0. The standard InChI is InChI=1S/C20H22FNO/c1-20(2)9-15-7-17(18(21)8-16(15)10-20)14-5-6-19(22-11-14)23-12-13-3-4-13/h5-8,11,13H,3-4,9-10,12H2,1-2H3. The average Bonchev–Trinajstić information content (AvgIpc) is 3.27. The lowest BCUT2D eigenvalue weighted by molar-refractivity contribution is 0.288. The van der Waals surface area contributed by atoms with Gasteiger partial charge >= 0.3 is 0 Å². The molecule has 0 unspecified atom stereocenters. The monoisotopic (exact) mass is 311 g/mol. The maximum absolute atomic E-state index is 14.5. The maximum atomic E-state index is 14.5. The second-order valence-electron chi connectivity index (χ2n) is 7.76. The zero-order valence-electron chi connectivity index (χ0n) is 13.7. The number of pyridine rings is 1. The molecule has 0 radical (unpaired) electrons. The zero-order valence-corrected chi connectivity index (χ0v) is 13.7. The predicted octanol–water partition coefficient (Wildman–Crippen LogP) is 4.80. The van der Waals surface area contributed by atoms with Gasteiger partial charge in [-0.15, -0.1) is 0 Å². The molecule has 2 aromatic rings. The van der Waals surface area contributed by atoms with E-state index < -0.39 is 0 Å². The highest BCUT2D eigenvalue weighted by Crippen LogP contribution is 2.39. The van der Waals surface area contributed by atoms with Crippen LogP contribution in [0.4, 0.5) is 4.39 Å². The molecule has 1 aromatic heterocycles. The molecule has 4 rings (SSSR count). The Morgan fingerprint density at radius 3 is 2.57 bits per heavy atom. The van der Waals surface area contributed by atoms with Crippen LogP contribution in [0.15, 0.2) is 30.5 Å². The van der Waals surface area contributed by atoms with Crippen molar-refractivity contribution < 1.29 is 9.13 Å². The highest BCUT2D eigenvalue weighted by molar-refractivity contribution is 5.65. The van der Waals surface area contributed by atoms with Crippen LogP contribution >= 0.6 is 0 Å². The van der Waals surface area contributed by atoms with Crippen molar-refractivity contribution in [1.29, 1.82) is 0 Å². The number of benzene rings is 1. The van der Waals surface area contributed by atoms with Crippen LogP contribution in [0, 0.1) is 17.2 Å². The summed E-state index contributed by atoms with van der Waals surface area (Å²) in [5.41, 5.74) is 4.09. The number of hydrogen-bond donors (Lipinski definition) is 0. The number of hydrogen-bond acceptors (Lipinski definition) is 2. The normalized spacial score (nSPS) is 18.7. The first-order valence-corrected chi connectivity index (χ1v) is 8.41. The summed E-state index contributed by atoms with van der Waals surface area (Å²) in [4.78, 5) is 4.33. The van der Waals surface area contributed by atoms with E-state index in [1.165, 1.54) is 18.4 Å². The molecular weight excluding hydrogens is 289 g/mol. The van der Waals surface area contributed by atoms with Crippen LogP contribution in [-0.2, 0) is 12.8 Å². The van der Waals surface area contributed by atoms with Gasteiger partial charge in [-0.25, -0.2) is 9.37 Å². The molecule has 2 aliphatic carbocycles. The fraction of sp³-hybridized carbons (Fsp3) is 0.450. The number of fused-ring (bicyclic) bond motifs is 1. The second-order valence-corrected chi connectivity index (χ2v) is 7.76. The van der Waals surface area contributed by atoms with Crippen molar-refractivity contribution in [3.63, 3.8) is 0 Å². The van der Waals surface area contributed by atoms with Crippen LogP contribution in [0.25, 0.3) is 11.1 Å². The average molecular weight is 311 g/mol. The van der Waals surface area contributed by atoms with E-state index in [0.717, 1.165) is 30.6 Å². The van der Waals surface area contributed by atoms with Crippen molar-refractivity contribution in [2.75, 3.05) is 6.61 Å². The summed E-state index contributed by atoms with van der Waals surface area (Å²) in [6.07, 6.45) is 6.19. The molecule has 0 amide bonds. The Kier molecular flexibility index (Phi) is 3.40. The van der Waals surface area contributed by atoms with Gasteiger partial charge < -0.3 is 4.74 Å². The topological polar surface area (TPSA) is 22.1 Å². The van der Waals surface area contributed by atoms with Gasteiger partial charge in [0.05, 0.1) is 6.61 Å². The van der Waals surface area contributed by atoms with Gasteiger partial charge in [0.15, 0.2) is 0 Å². The Morgan fingerprint density at radius 1 is 1.17 bits per heavy atom. The Hall–Kier alpha value is -1.90. The fourth-order valence-corrected chi connectivity index (χ4v) is 3.42. The minimum atomic E-state index is -0.158. The molecular formula is C20H22FNO. The molecule has 3 heteroatoms. The Morgan fingerprint density at radius 2 is 1.91 bits per heavy atom. The van der Waals surface area contributed by atoms with E-state index in [-0.39, 0.29) is 11.2 Å². The molecule has 0 saturated heterocycles. The summed E-state index contributed by atoms with van der Waals surface area (Å²) in [6, 6.07) is 7.45. The summed E-state index contributed by atoms with van der Waals surface area (Å²) >= 11 is 0. The lowest BCUT2D eigenvalue weighted by atomic mass is 9.90. The third kappa shape index (κ3) is 3.10. The van der Waals surface area contributed by atoms with Crippen molar-refractivity contribution in [2.45, 2.75) is 39.5 Å². The molecule has 1 heterocycles. The van der Waals surface area contributed by atoms with Crippen LogP contribution < -0.4 is 4.74 Å². The maximum Gasteiger partial charge on any atom is 0.213 e. The van der Waals surface area contributed by atoms with Crippen molar-refractivity contribution >= 4 is 0 Å². The van der Waals surface area contributed by atoms with Gasteiger partial charge in [-0.1, -0.05) is 13.8 Å². The molecule has 0 N–H and O–H groups in total. The van der Waals surface area contributed by atoms with Gasteiger partial charge in [0.1, 0.15) is 5.82 Å². The van der Waals surface area contributed by atoms with E-state index in [4.69, 9.17) is 4.74 Å². The quantitative estimate of drug-likeness (QED) is 0.809. The molecule has 0 spiro atoms. The molecule has 0 bridgehead atoms. The summed E-state index contributed by atoms with van der Waals surface area (Å²) in [5, 5.41) is 0. The smallest absolute Gasteiger partial charge is 0.213 e. The molecule has 1 saturated carbocycles. The first-order valence-electron chi connectivity index (χ1n) is 8.41. The van der Waals surface area contributed by atoms with Gasteiger partial charge in [0.2, 0.25) is 5.88 Å². The lowest BCUT2D eigenvalue weighted by Crippen LogP contribution is -2.09. The Balaban J connectivity index is 1.58. The highest BCUT2D eigenvalue weighted by atomic mass is 19.1. The molecule has 1 aromatic carbocycles. The van der Waals surface area contributed by atoms with Gasteiger partial charge in [-0.2, -0.15) is 0 Å². The number of aromatic nitrogens is 1. The molecule has 23 heavy (non-hydrogen) atoms. The van der Waals surface area contributed by atoms with E-state index in [1.54, 1.807) is 12.3 Å². The van der Waals surface area contributed by atoms with Crippen LogP contribution in [-0.4, -0.2) is 11.6 Å².